The second-order valence-corrected chi connectivity index (χ2v) is 4.78. The standard InChI is InChI=1S/C15H9N3O5/c19-9-10-8-16(13-4-2-1-3-12(10)13)14-6-5-11(17(20)21)7-15(14)18(22)23/h1-9H. The Labute approximate surface area is 128 Å². The average Bonchev–Trinajstić information content (AvgIpc) is 2.93. The van der Waals surface area contributed by atoms with Gasteiger partial charge in [0.1, 0.15) is 5.69 Å². The summed E-state index contributed by atoms with van der Waals surface area (Å²) in [5, 5.41) is 22.7. The highest BCUT2D eigenvalue weighted by Gasteiger charge is 2.22. The van der Waals surface area contributed by atoms with E-state index in [-0.39, 0.29) is 11.4 Å². The maximum Gasteiger partial charge on any atom is 0.300 e. The van der Waals surface area contributed by atoms with E-state index in [2.05, 4.69) is 0 Å². The summed E-state index contributed by atoms with van der Waals surface area (Å²) in [4.78, 5) is 31.9. The fraction of sp³-hybridized carbons (Fsp3) is 0. The molecule has 0 fully saturated rings. The number of benzene rings is 2. The SMILES string of the molecule is O=Cc1cn(-c2ccc([N+](=O)[O-])cc2[N+](=O)[O-])c2ccccc12. The van der Waals surface area contributed by atoms with Gasteiger partial charge in [-0.25, -0.2) is 0 Å². The molecule has 0 aliphatic heterocycles. The van der Waals surface area contributed by atoms with Gasteiger partial charge >= 0.3 is 0 Å². The van der Waals surface area contributed by atoms with Crippen LogP contribution in [0.15, 0.2) is 48.7 Å². The molecule has 8 nitrogen and oxygen atoms in total. The van der Waals surface area contributed by atoms with Crippen LogP contribution in [0.5, 0.6) is 0 Å². The van der Waals surface area contributed by atoms with Gasteiger partial charge in [-0.15, -0.1) is 0 Å². The van der Waals surface area contributed by atoms with Crippen molar-refractivity contribution in [2.45, 2.75) is 0 Å². The number of nitro benzene ring substituents is 2. The lowest BCUT2D eigenvalue weighted by Gasteiger charge is -2.06. The molecule has 1 aromatic heterocycles. The van der Waals surface area contributed by atoms with Gasteiger partial charge in [-0.2, -0.15) is 0 Å². The number of para-hydroxylation sites is 1. The van der Waals surface area contributed by atoms with E-state index in [4.69, 9.17) is 0 Å². The Morgan fingerprint density at radius 1 is 1.00 bits per heavy atom. The number of nitrogens with zero attached hydrogens (tertiary/aromatic N) is 3. The summed E-state index contributed by atoms with van der Waals surface area (Å²) < 4.78 is 1.49. The van der Waals surface area contributed by atoms with E-state index in [9.17, 15) is 25.0 Å². The molecule has 0 spiro atoms. The van der Waals surface area contributed by atoms with E-state index >= 15 is 0 Å². The van der Waals surface area contributed by atoms with Crippen molar-refractivity contribution < 1.29 is 14.6 Å². The van der Waals surface area contributed by atoms with Crippen LogP contribution in [0.1, 0.15) is 10.4 Å². The second kappa shape index (κ2) is 5.34. The lowest BCUT2D eigenvalue weighted by Crippen LogP contribution is -2.00. The van der Waals surface area contributed by atoms with Crippen LogP contribution < -0.4 is 0 Å². The number of nitro groups is 2. The minimum absolute atomic E-state index is 0.157. The number of hydrogen-bond donors (Lipinski definition) is 0. The third-order valence-electron chi connectivity index (χ3n) is 3.50. The number of carbonyl (C=O) groups is 1. The van der Waals surface area contributed by atoms with Crippen molar-refractivity contribution in [2.24, 2.45) is 0 Å². The Morgan fingerprint density at radius 3 is 2.39 bits per heavy atom. The summed E-state index contributed by atoms with van der Waals surface area (Å²) >= 11 is 0. The van der Waals surface area contributed by atoms with Gasteiger partial charge in [0.2, 0.25) is 0 Å². The summed E-state index contributed by atoms with van der Waals surface area (Å²) in [5.74, 6) is 0. The highest BCUT2D eigenvalue weighted by molar-refractivity contribution is 5.98. The highest BCUT2D eigenvalue weighted by atomic mass is 16.6. The van der Waals surface area contributed by atoms with Gasteiger partial charge in [-0.05, 0) is 12.1 Å². The molecule has 8 heteroatoms. The fourth-order valence-corrected chi connectivity index (χ4v) is 2.47. The van der Waals surface area contributed by atoms with E-state index in [1.165, 1.54) is 22.9 Å². The second-order valence-electron chi connectivity index (χ2n) is 4.78. The van der Waals surface area contributed by atoms with Gasteiger partial charge in [0.05, 0.1) is 21.4 Å². The normalized spacial score (nSPS) is 10.6. The van der Waals surface area contributed by atoms with E-state index < -0.39 is 15.5 Å². The van der Waals surface area contributed by atoms with Crippen LogP contribution in [-0.2, 0) is 0 Å². The van der Waals surface area contributed by atoms with Crippen molar-refractivity contribution in [3.8, 4) is 5.69 Å². The van der Waals surface area contributed by atoms with Crippen LogP contribution in [0.3, 0.4) is 0 Å². The van der Waals surface area contributed by atoms with Gasteiger partial charge in [0.15, 0.2) is 6.29 Å². The fourth-order valence-electron chi connectivity index (χ4n) is 2.47. The zero-order chi connectivity index (χ0) is 16.6. The third kappa shape index (κ3) is 2.31. The Hall–Kier alpha value is -3.55. The molecule has 0 saturated heterocycles. The van der Waals surface area contributed by atoms with E-state index in [1.807, 2.05) is 0 Å². The molecule has 0 radical (unpaired) electrons. The summed E-state index contributed by atoms with van der Waals surface area (Å²) in [7, 11) is 0. The maximum atomic E-state index is 11.3. The molecule has 0 N–H and O–H groups in total. The Balaban J connectivity index is 2.33. The number of fused-ring (bicyclic) bond motifs is 1. The Bertz CT molecular complexity index is 961. The zero-order valence-corrected chi connectivity index (χ0v) is 11.6. The van der Waals surface area contributed by atoms with Gasteiger partial charge in [0, 0.05) is 23.2 Å². The van der Waals surface area contributed by atoms with Crippen LogP contribution in [0, 0.1) is 20.2 Å². The first-order chi connectivity index (χ1) is 11.0. The van der Waals surface area contributed by atoms with E-state index in [1.54, 1.807) is 24.3 Å². The van der Waals surface area contributed by atoms with Gasteiger partial charge in [0.25, 0.3) is 11.4 Å². The Morgan fingerprint density at radius 2 is 1.74 bits per heavy atom. The number of aldehydes is 1. The molecule has 0 saturated carbocycles. The molecule has 3 aromatic rings. The molecule has 3 rings (SSSR count). The predicted molar refractivity (Wildman–Crippen MR) is 82.0 cm³/mol. The lowest BCUT2D eigenvalue weighted by molar-refractivity contribution is -0.394. The quantitative estimate of drug-likeness (QED) is 0.417. The monoisotopic (exact) mass is 311 g/mol. The summed E-state index contributed by atoms with van der Waals surface area (Å²) in [5.41, 5.74) is 0.370. The molecule has 23 heavy (non-hydrogen) atoms. The van der Waals surface area contributed by atoms with Gasteiger partial charge in [-0.3, -0.25) is 25.0 Å². The van der Waals surface area contributed by atoms with Gasteiger partial charge < -0.3 is 4.57 Å². The summed E-state index contributed by atoms with van der Waals surface area (Å²) in [6, 6.07) is 10.3. The first kappa shape index (κ1) is 14.4. The third-order valence-corrected chi connectivity index (χ3v) is 3.50. The molecule has 0 aliphatic rings. The van der Waals surface area contributed by atoms with Crippen molar-refractivity contribution in [1.29, 1.82) is 0 Å². The minimum Gasteiger partial charge on any atom is -0.310 e. The van der Waals surface area contributed by atoms with Crippen LogP contribution in [0.4, 0.5) is 11.4 Å². The molecular weight excluding hydrogens is 302 g/mol. The molecule has 114 valence electrons. The molecule has 0 atom stereocenters. The van der Waals surface area contributed by atoms with Crippen molar-refractivity contribution in [2.75, 3.05) is 0 Å². The van der Waals surface area contributed by atoms with Crippen LogP contribution in [-0.4, -0.2) is 20.7 Å². The maximum absolute atomic E-state index is 11.3. The van der Waals surface area contributed by atoms with Crippen LogP contribution >= 0.6 is 0 Å². The molecule has 0 unspecified atom stereocenters. The number of carbonyl (C=O) groups excluding carboxylic acids is 1. The van der Waals surface area contributed by atoms with E-state index in [0.717, 1.165) is 6.07 Å². The van der Waals surface area contributed by atoms with Gasteiger partial charge in [-0.1, -0.05) is 18.2 Å². The Kier molecular flexibility index (Phi) is 3.34. The first-order valence-corrected chi connectivity index (χ1v) is 6.51. The minimum atomic E-state index is -0.693. The van der Waals surface area contributed by atoms with Crippen molar-refractivity contribution >= 4 is 28.6 Å². The number of hydrogen-bond acceptors (Lipinski definition) is 5. The number of non-ortho nitro benzene ring substituents is 1. The number of aromatic nitrogens is 1. The molecule has 1 heterocycles. The summed E-state index contributed by atoms with van der Waals surface area (Å²) in [6.07, 6.45) is 2.14. The molecule has 0 bridgehead atoms. The molecule has 0 amide bonds. The van der Waals surface area contributed by atoms with Crippen molar-refractivity contribution in [1.82, 2.24) is 4.57 Å². The smallest absolute Gasteiger partial charge is 0.300 e. The molecular formula is C15H9N3O5. The first-order valence-electron chi connectivity index (χ1n) is 6.51. The summed E-state index contributed by atoms with van der Waals surface area (Å²) in [6.45, 7) is 0. The van der Waals surface area contributed by atoms with Crippen molar-refractivity contribution in [3.05, 3.63) is 74.5 Å². The average molecular weight is 311 g/mol. The van der Waals surface area contributed by atoms with Crippen LogP contribution in [0.25, 0.3) is 16.6 Å². The molecule has 2 aromatic carbocycles. The van der Waals surface area contributed by atoms with Crippen LogP contribution in [0.2, 0.25) is 0 Å². The topological polar surface area (TPSA) is 108 Å². The zero-order valence-electron chi connectivity index (χ0n) is 11.6. The number of rotatable bonds is 4. The van der Waals surface area contributed by atoms with E-state index in [0.29, 0.717) is 22.8 Å². The highest BCUT2D eigenvalue weighted by Crippen LogP contribution is 2.31. The van der Waals surface area contributed by atoms with Crippen molar-refractivity contribution in [3.63, 3.8) is 0 Å². The predicted octanol–water partition coefficient (Wildman–Crippen LogP) is 3.26. The largest absolute Gasteiger partial charge is 0.310 e. The molecule has 0 aliphatic carbocycles. The lowest BCUT2D eigenvalue weighted by atomic mass is 10.2.